The number of imidazole rings is 1. The van der Waals surface area contributed by atoms with Gasteiger partial charge in [-0.1, -0.05) is 30.3 Å². The minimum atomic E-state index is -0.294. The summed E-state index contributed by atoms with van der Waals surface area (Å²) in [5.74, 6) is 0.462. The molecule has 0 spiro atoms. The molecule has 4 rings (SSSR count). The summed E-state index contributed by atoms with van der Waals surface area (Å²) in [5, 5.41) is 0. The second-order valence-corrected chi connectivity index (χ2v) is 5.72. The predicted octanol–water partition coefficient (Wildman–Crippen LogP) is 4.75. The van der Waals surface area contributed by atoms with Gasteiger partial charge in [-0.05, 0) is 24.3 Å². The van der Waals surface area contributed by atoms with E-state index in [1.807, 2.05) is 34.9 Å². The molecule has 0 aliphatic rings. The van der Waals surface area contributed by atoms with Crippen LogP contribution >= 0.6 is 0 Å². The van der Waals surface area contributed by atoms with Crippen LogP contribution in [0, 0.1) is 5.82 Å². The van der Waals surface area contributed by atoms with Crippen LogP contribution < -0.4 is 4.74 Å². The molecule has 26 heavy (non-hydrogen) atoms. The third-order valence-electron chi connectivity index (χ3n) is 4.25. The molecule has 0 atom stereocenters. The Morgan fingerprint density at radius 1 is 0.846 bits per heavy atom. The van der Waals surface area contributed by atoms with E-state index in [1.165, 1.54) is 6.07 Å². The van der Waals surface area contributed by atoms with Crippen molar-refractivity contribution in [3.05, 3.63) is 85.3 Å². The van der Waals surface area contributed by atoms with Crippen LogP contribution in [0.15, 0.2) is 79.5 Å². The Bertz CT molecular complexity index is 1060. The maximum absolute atomic E-state index is 14.3. The predicted molar refractivity (Wildman–Crippen MR) is 98.7 cm³/mol. The normalized spacial score (nSPS) is 10.7. The van der Waals surface area contributed by atoms with Gasteiger partial charge >= 0.3 is 0 Å². The van der Waals surface area contributed by atoms with Crippen LogP contribution in [0.5, 0.6) is 5.75 Å². The van der Waals surface area contributed by atoms with Gasteiger partial charge in [-0.3, -0.25) is 9.55 Å². The van der Waals surface area contributed by atoms with Gasteiger partial charge in [-0.25, -0.2) is 9.37 Å². The van der Waals surface area contributed by atoms with Gasteiger partial charge in [0.25, 0.3) is 0 Å². The molecule has 0 fully saturated rings. The summed E-state index contributed by atoms with van der Waals surface area (Å²) in [6.45, 7) is 0. The zero-order valence-corrected chi connectivity index (χ0v) is 14.1. The first-order valence-corrected chi connectivity index (χ1v) is 8.14. The molecule has 0 aliphatic carbocycles. The maximum Gasteiger partial charge on any atom is 0.132 e. The lowest BCUT2D eigenvalue weighted by atomic mass is 10.0. The van der Waals surface area contributed by atoms with Gasteiger partial charge in [0.15, 0.2) is 0 Å². The molecular weight excluding hydrogens is 329 g/mol. The van der Waals surface area contributed by atoms with E-state index in [4.69, 9.17) is 4.74 Å². The Morgan fingerprint density at radius 2 is 1.62 bits per heavy atom. The fourth-order valence-electron chi connectivity index (χ4n) is 3.03. The van der Waals surface area contributed by atoms with Gasteiger partial charge < -0.3 is 4.74 Å². The second-order valence-electron chi connectivity index (χ2n) is 5.72. The third-order valence-corrected chi connectivity index (χ3v) is 4.25. The molecule has 4 aromatic rings. The van der Waals surface area contributed by atoms with Gasteiger partial charge in [-0.2, -0.15) is 0 Å². The number of ether oxygens (including phenoxy) is 1. The van der Waals surface area contributed by atoms with Gasteiger partial charge in [0.05, 0.1) is 37.2 Å². The first kappa shape index (κ1) is 16.0. The van der Waals surface area contributed by atoms with E-state index < -0.39 is 0 Å². The molecule has 0 saturated heterocycles. The minimum absolute atomic E-state index is 0.294. The van der Waals surface area contributed by atoms with Crippen molar-refractivity contribution in [3.8, 4) is 33.8 Å². The summed E-state index contributed by atoms with van der Waals surface area (Å²) in [5.41, 5.74) is 3.80. The van der Waals surface area contributed by atoms with E-state index in [1.54, 1.807) is 50.2 Å². The highest BCUT2D eigenvalue weighted by Crippen LogP contribution is 2.35. The average molecular weight is 345 g/mol. The number of rotatable bonds is 4. The van der Waals surface area contributed by atoms with Crippen LogP contribution in [-0.2, 0) is 0 Å². The lowest BCUT2D eigenvalue weighted by molar-refractivity contribution is 0.416. The molecule has 0 aliphatic heterocycles. The quantitative estimate of drug-likeness (QED) is 0.536. The van der Waals surface area contributed by atoms with Gasteiger partial charge in [0.2, 0.25) is 0 Å². The highest BCUT2D eigenvalue weighted by Gasteiger charge is 2.16. The minimum Gasteiger partial charge on any atom is -0.496 e. The van der Waals surface area contributed by atoms with E-state index in [0.29, 0.717) is 11.3 Å². The molecule has 2 aromatic heterocycles. The Kier molecular flexibility index (Phi) is 4.19. The van der Waals surface area contributed by atoms with Crippen molar-refractivity contribution in [2.75, 3.05) is 7.11 Å². The van der Waals surface area contributed by atoms with Crippen molar-refractivity contribution in [3.63, 3.8) is 0 Å². The zero-order valence-electron chi connectivity index (χ0n) is 14.1. The molecule has 0 unspecified atom stereocenters. The summed E-state index contributed by atoms with van der Waals surface area (Å²) < 4.78 is 21.7. The molecule has 2 heterocycles. The third kappa shape index (κ3) is 2.73. The lowest BCUT2D eigenvalue weighted by Crippen LogP contribution is -2.00. The van der Waals surface area contributed by atoms with Crippen molar-refractivity contribution >= 4 is 0 Å². The summed E-state index contributed by atoms with van der Waals surface area (Å²) in [6, 6.07) is 16.3. The smallest absolute Gasteiger partial charge is 0.132 e. The molecule has 4 nitrogen and oxygen atoms in total. The topological polar surface area (TPSA) is 39.9 Å². The number of methoxy groups -OCH3 is 1. The Labute approximate surface area is 150 Å². The molecule has 5 heteroatoms. The molecule has 0 radical (unpaired) electrons. The van der Waals surface area contributed by atoms with Crippen LogP contribution in [0.3, 0.4) is 0 Å². The van der Waals surface area contributed by atoms with Crippen LogP contribution in [0.4, 0.5) is 4.39 Å². The number of benzene rings is 2. The Morgan fingerprint density at radius 3 is 2.42 bits per heavy atom. The van der Waals surface area contributed by atoms with Gasteiger partial charge in [0, 0.05) is 22.9 Å². The Balaban J connectivity index is 1.93. The number of halogens is 1. The zero-order chi connectivity index (χ0) is 17.9. The molecule has 0 amide bonds. The van der Waals surface area contributed by atoms with Crippen LogP contribution in [-0.4, -0.2) is 21.6 Å². The SMILES string of the molecule is COc1ccccc1-c1ccncc1-n1cncc1-c1ccccc1F. The molecule has 128 valence electrons. The van der Waals surface area contributed by atoms with E-state index in [9.17, 15) is 4.39 Å². The largest absolute Gasteiger partial charge is 0.496 e. The number of hydrogen-bond acceptors (Lipinski definition) is 3. The van der Waals surface area contributed by atoms with Crippen molar-refractivity contribution in [1.82, 2.24) is 14.5 Å². The van der Waals surface area contributed by atoms with Crippen LogP contribution in [0.2, 0.25) is 0 Å². The molecule has 0 bridgehead atoms. The Hall–Kier alpha value is -3.47. The first-order chi connectivity index (χ1) is 12.8. The first-order valence-electron chi connectivity index (χ1n) is 8.14. The highest BCUT2D eigenvalue weighted by atomic mass is 19.1. The highest BCUT2D eigenvalue weighted by molar-refractivity contribution is 5.78. The lowest BCUT2D eigenvalue weighted by Gasteiger charge is -2.15. The average Bonchev–Trinajstić information content (AvgIpc) is 3.17. The summed E-state index contributed by atoms with van der Waals surface area (Å²) in [6.07, 6.45) is 6.79. The van der Waals surface area contributed by atoms with Crippen LogP contribution in [0.1, 0.15) is 0 Å². The van der Waals surface area contributed by atoms with Gasteiger partial charge in [0.1, 0.15) is 11.6 Å². The standard InChI is InChI=1S/C21H16FN3O/c1-26-21-9-5-3-6-16(21)15-10-11-23-12-19(15)25-14-24-13-20(25)17-7-2-4-8-18(17)22/h2-14H,1H3. The summed E-state index contributed by atoms with van der Waals surface area (Å²) in [4.78, 5) is 8.49. The van der Waals surface area contributed by atoms with E-state index in [2.05, 4.69) is 9.97 Å². The summed E-state index contributed by atoms with van der Waals surface area (Å²) >= 11 is 0. The number of aromatic nitrogens is 3. The fourth-order valence-corrected chi connectivity index (χ4v) is 3.03. The number of nitrogens with zero attached hydrogens (tertiary/aromatic N) is 3. The number of hydrogen-bond donors (Lipinski definition) is 0. The number of para-hydroxylation sites is 1. The molecule has 0 saturated carbocycles. The van der Waals surface area contributed by atoms with Crippen molar-refractivity contribution in [2.24, 2.45) is 0 Å². The van der Waals surface area contributed by atoms with Gasteiger partial charge in [-0.15, -0.1) is 0 Å². The maximum atomic E-state index is 14.3. The van der Waals surface area contributed by atoms with E-state index in [0.717, 1.165) is 22.6 Å². The monoisotopic (exact) mass is 345 g/mol. The second kappa shape index (κ2) is 6.80. The fraction of sp³-hybridized carbons (Fsp3) is 0.0476. The van der Waals surface area contributed by atoms with Crippen LogP contribution in [0.25, 0.3) is 28.1 Å². The molecule has 0 N–H and O–H groups in total. The number of pyridine rings is 1. The summed E-state index contributed by atoms with van der Waals surface area (Å²) in [7, 11) is 1.64. The van der Waals surface area contributed by atoms with Crippen molar-refractivity contribution in [1.29, 1.82) is 0 Å². The molecule has 2 aromatic carbocycles. The van der Waals surface area contributed by atoms with E-state index >= 15 is 0 Å². The molecular formula is C21H16FN3O. The van der Waals surface area contributed by atoms with E-state index in [-0.39, 0.29) is 5.82 Å². The van der Waals surface area contributed by atoms with Crippen molar-refractivity contribution in [2.45, 2.75) is 0 Å². The van der Waals surface area contributed by atoms with Crippen molar-refractivity contribution < 1.29 is 9.13 Å².